The summed E-state index contributed by atoms with van der Waals surface area (Å²) in [6.45, 7) is 7.94. The van der Waals surface area contributed by atoms with Crippen LogP contribution in [0.4, 0.5) is 0 Å². The van der Waals surface area contributed by atoms with Gasteiger partial charge in [-0.1, -0.05) is 129 Å². The van der Waals surface area contributed by atoms with E-state index in [1.54, 1.807) is 5.19 Å². The zero-order valence-electron chi connectivity index (χ0n) is 21.8. The maximum atomic E-state index is 8.88. The fourth-order valence-electron chi connectivity index (χ4n) is 4.59. The molecule has 0 atom stereocenters. The lowest BCUT2D eigenvalue weighted by molar-refractivity contribution is 0.233. The van der Waals surface area contributed by atoms with E-state index < -0.39 is 8.07 Å². The molecule has 0 aliphatic rings. The fraction of sp³-hybridized carbons (Fsp3) is 0.273. The van der Waals surface area contributed by atoms with Gasteiger partial charge in [0.1, 0.15) is 5.75 Å². The van der Waals surface area contributed by atoms with E-state index in [9.17, 15) is 0 Å². The predicted octanol–water partition coefficient (Wildman–Crippen LogP) is 8.16. The number of aliphatic hydroxyl groups is 1. The second-order valence-corrected chi connectivity index (χ2v) is 15.0. The summed E-state index contributed by atoms with van der Waals surface area (Å²) >= 11 is 0. The smallest absolute Gasteiger partial charge is 0.119 e. The van der Waals surface area contributed by atoms with Gasteiger partial charge in [-0.15, -0.1) is 0 Å². The topological polar surface area (TPSA) is 29.5 Å². The Balaban J connectivity index is 1.42. The van der Waals surface area contributed by atoms with Crippen molar-refractivity contribution in [2.45, 2.75) is 45.3 Å². The van der Waals surface area contributed by atoms with Gasteiger partial charge in [0, 0.05) is 13.0 Å². The van der Waals surface area contributed by atoms with Gasteiger partial charge in [-0.3, -0.25) is 0 Å². The molecular formula is C33H38O2Si. The number of hydrogen-bond donors (Lipinski definition) is 1. The van der Waals surface area contributed by atoms with Crippen molar-refractivity contribution in [1.29, 1.82) is 0 Å². The van der Waals surface area contributed by atoms with Crippen LogP contribution in [0.3, 0.4) is 0 Å². The lowest BCUT2D eigenvalue weighted by Gasteiger charge is -2.23. The highest BCUT2D eigenvalue weighted by Crippen LogP contribution is 2.28. The van der Waals surface area contributed by atoms with Gasteiger partial charge in [0.15, 0.2) is 0 Å². The largest absolute Gasteiger partial charge is 0.494 e. The Hall–Kier alpha value is -3.14. The van der Waals surface area contributed by atoms with Gasteiger partial charge in [0.2, 0.25) is 0 Å². The lowest BCUT2D eigenvalue weighted by Crippen LogP contribution is -2.40. The minimum atomic E-state index is -1.33. The van der Waals surface area contributed by atoms with Crippen molar-refractivity contribution in [3.05, 3.63) is 97.1 Å². The fourth-order valence-corrected chi connectivity index (χ4v) is 7.18. The standard InChI is InChI=1S/C33H38O2Si/c1-4-5-25-36(2,3)33-21-17-31(18-22-33)29-13-9-27(10-14-29)26-7-11-28(12-8-26)30-15-19-32(20-16-30)35-24-6-23-34/h7-22,34H,4-6,23-25H2,1-3H3. The van der Waals surface area contributed by atoms with Crippen LogP contribution in [-0.2, 0) is 0 Å². The normalized spacial score (nSPS) is 11.4. The first-order chi connectivity index (χ1) is 17.5. The van der Waals surface area contributed by atoms with E-state index in [-0.39, 0.29) is 6.61 Å². The van der Waals surface area contributed by atoms with Gasteiger partial charge < -0.3 is 9.84 Å². The molecule has 4 aromatic carbocycles. The van der Waals surface area contributed by atoms with E-state index in [2.05, 4.69) is 105 Å². The minimum Gasteiger partial charge on any atom is -0.494 e. The molecule has 0 saturated heterocycles. The molecule has 0 aromatic heterocycles. The van der Waals surface area contributed by atoms with E-state index in [1.807, 2.05) is 12.1 Å². The molecule has 186 valence electrons. The van der Waals surface area contributed by atoms with Gasteiger partial charge in [0.05, 0.1) is 14.7 Å². The summed E-state index contributed by atoms with van der Waals surface area (Å²) in [6, 6.07) is 36.4. The highest BCUT2D eigenvalue weighted by molar-refractivity contribution is 6.89. The molecule has 36 heavy (non-hydrogen) atoms. The maximum absolute atomic E-state index is 8.88. The Kier molecular flexibility index (Phi) is 8.79. The summed E-state index contributed by atoms with van der Waals surface area (Å²) in [5.41, 5.74) is 7.33. The molecule has 0 saturated carbocycles. The molecule has 2 nitrogen and oxygen atoms in total. The molecule has 0 aliphatic carbocycles. The highest BCUT2D eigenvalue weighted by Gasteiger charge is 2.22. The quantitative estimate of drug-likeness (QED) is 0.168. The molecule has 0 radical (unpaired) electrons. The van der Waals surface area contributed by atoms with Crippen LogP contribution >= 0.6 is 0 Å². The molecule has 4 rings (SSSR count). The van der Waals surface area contributed by atoms with Gasteiger partial charge >= 0.3 is 0 Å². The monoisotopic (exact) mass is 494 g/mol. The van der Waals surface area contributed by atoms with Gasteiger partial charge in [-0.25, -0.2) is 0 Å². The van der Waals surface area contributed by atoms with Crippen molar-refractivity contribution >= 4 is 13.3 Å². The Bertz CT molecular complexity index is 1210. The third kappa shape index (κ3) is 6.54. The summed E-state index contributed by atoms with van der Waals surface area (Å²) in [5, 5.41) is 10.4. The van der Waals surface area contributed by atoms with E-state index in [0.717, 1.165) is 11.3 Å². The molecule has 0 amide bonds. The van der Waals surface area contributed by atoms with Gasteiger partial charge in [-0.05, 0) is 45.5 Å². The Morgan fingerprint density at radius 3 is 1.36 bits per heavy atom. The zero-order valence-corrected chi connectivity index (χ0v) is 22.8. The molecule has 0 fully saturated rings. The molecule has 0 bridgehead atoms. The average Bonchev–Trinajstić information content (AvgIpc) is 2.93. The third-order valence-electron chi connectivity index (χ3n) is 7.02. The third-order valence-corrected chi connectivity index (χ3v) is 10.5. The van der Waals surface area contributed by atoms with Crippen LogP contribution in [0, 0.1) is 0 Å². The summed E-state index contributed by atoms with van der Waals surface area (Å²) in [7, 11) is -1.33. The number of ether oxygens (including phenoxy) is 1. The number of unbranched alkanes of at least 4 members (excludes halogenated alkanes) is 1. The van der Waals surface area contributed by atoms with Crippen LogP contribution in [0.2, 0.25) is 19.1 Å². The van der Waals surface area contributed by atoms with Crippen LogP contribution in [0.15, 0.2) is 97.1 Å². The van der Waals surface area contributed by atoms with Crippen molar-refractivity contribution in [2.75, 3.05) is 13.2 Å². The predicted molar refractivity (Wildman–Crippen MR) is 157 cm³/mol. The second-order valence-electron chi connectivity index (χ2n) is 10.2. The Labute approximate surface area is 217 Å². The molecule has 0 aliphatic heterocycles. The van der Waals surface area contributed by atoms with Crippen LogP contribution in [-0.4, -0.2) is 26.4 Å². The number of rotatable bonds is 11. The number of benzene rings is 4. The number of hydrogen-bond acceptors (Lipinski definition) is 2. The average molecular weight is 495 g/mol. The first kappa shape index (κ1) is 25.9. The lowest BCUT2D eigenvalue weighted by atomic mass is 9.98. The summed E-state index contributed by atoms with van der Waals surface area (Å²) in [6.07, 6.45) is 3.25. The van der Waals surface area contributed by atoms with Crippen molar-refractivity contribution in [3.63, 3.8) is 0 Å². The van der Waals surface area contributed by atoms with Crippen molar-refractivity contribution in [2.24, 2.45) is 0 Å². The second kappa shape index (κ2) is 12.2. The summed E-state index contributed by atoms with van der Waals surface area (Å²) < 4.78 is 5.63. The first-order valence-electron chi connectivity index (χ1n) is 13.2. The summed E-state index contributed by atoms with van der Waals surface area (Å²) in [5.74, 6) is 0.834. The van der Waals surface area contributed by atoms with Crippen molar-refractivity contribution in [3.8, 4) is 39.1 Å². The maximum Gasteiger partial charge on any atom is 0.119 e. The Morgan fingerprint density at radius 1 is 0.583 bits per heavy atom. The SMILES string of the molecule is CCCC[Si](C)(C)c1ccc(-c2ccc(-c3ccc(-c4ccc(OCCCO)cc4)cc3)cc2)cc1. The zero-order chi connectivity index (χ0) is 25.4. The van der Waals surface area contributed by atoms with E-state index in [1.165, 1.54) is 46.7 Å². The molecule has 4 aromatic rings. The van der Waals surface area contributed by atoms with Crippen LogP contribution in [0.25, 0.3) is 33.4 Å². The van der Waals surface area contributed by atoms with Crippen LogP contribution < -0.4 is 9.92 Å². The Morgan fingerprint density at radius 2 is 0.972 bits per heavy atom. The highest BCUT2D eigenvalue weighted by atomic mass is 28.3. The number of aliphatic hydroxyl groups excluding tert-OH is 1. The molecule has 1 N–H and O–H groups in total. The van der Waals surface area contributed by atoms with E-state index in [0.29, 0.717) is 13.0 Å². The molecule has 0 spiro atoms. The molecule has 3 heteroatoms. The van der Waals surface area contributed by atoms with Crippen LogP contribution in [0.5, 0.6) is 5.75 Å². The molecule has 0 heterocycles. The van der Waals surface area contributed by atoms with Crippen molar-refractivity contribution in [1.82, 2.24) is 0 Å². The molecule has 0 unspecified atom stereocenters. The van der Waals surface area contributed by atoms with Gasteiger partial charge in [0.25, 0.3) is 0 Å². The van der Waals surface area contributed by atoms with E-state index in [4.69, 9.17) is 9.84 Å². The summed E-state index contributed by atoms with van der Waals surface area (Å²) in [4.78, 5) is 0. The van der Waals surface area contributed by atoms with Gasteiger partial charge in [-0.2, -0.15) is 0 Å². The first-order valence-corrected chi connectivity index (χ1v) is 16.4. The van der Waals surface area contributed by atoms with Crippen molar-refractivity contribution < 1.29 is 9.84 Å². The minimum absolute atomic E-state index is 0.152. The van der Waals surface area contributed by atoms with E-state index >= 15 is 0 Å². The van der Waals surface area contributed by atoms with Crippen LogP contribution in [0.1, 0.15) is 26.2 Å². The molecular weight excluding hydrogens is 456 g/mol.